The maximum Gasteiger partial charge on any atom is 0.269 e. The summed E-state index contributed by atoms with van der Waals surface area (Å²) < 4.78 is 0. The third-order valence-corrected chi connectivity index (χ3v) is 5.08. The van der Waals surface area contributed by atoms with Crippen LogP contribution in [0.4, 0.5) is 11.4 Å². The average molecular weight is 353 g/mol. The smallest absolute Gasteiger partial charge is 0.269 e. The molecule has 0 spiro atoms. The maximum absolute atomic E-state index is 11.5. The number of aldehydes is 1. The number of anilines is 1. The van der Waals surface area contributed by atoms with Crippen molar-refractivity contribution in [1.82, 2.24) is 0 Å². The molecular weight excluding hydrogens is 338 g/mol. The Balaban J connectivity index is 2.09. The van der Waals surface area contributed by atoms with Crippen molar-refractivity contribution in [3.8, 4) is 21.6 Å². The standard InChI is InChI=1S/C18H15N3O3S/c19-9-11-1-3-13(4-2-11)18-17(20)16(15(10-22)25-18)12-5-7-14(8-6-12)21(23)24/h1-8,10H,9,19-20H2. The van der Waals surface area contributed by atoms with Gasteiger partial charge in [0.25, 0.3) is 5.69 Å². The number of non-ortho nitro benzene ring substituents is 1. The summed E-state index contributed by atoms with van der Waals surface area (Å²) in [5.74, 6) is 0. The van der Waals surface area contributed by atoms with Crippen LogP contribution in [0.5, 0.6) is 0 Å². The highest BCUT2D eigenvalue weighted by Crippen LogP contribution is 2.44. The topological polar surface area (TPSA) is 112 Å². The van der Waals surface area contributed by atoms with Crippen LogP contribution in [-0.4, -0.2) is 11.2 Å². The van der Waals surface area contributed by atoms with Gasteiger partial charge < -0.3 is 11.5 Å². The number of nitro groups is 1. The molecule has 126 valence electrons. The minimum Gasteiger partial charge on any atom is -0.397 e. The molecule has 1 aromatic heterocycles. The van der Waals surface area contributed by atoms with Gasteiger partial charge in [-0.15, -0.1) is 11.3 Å². The van der Waals surface area contributed by atoms with Gasteiger partial charge in [0.1, 0.15) is 0 Å². The first-order chi connectivity index (χ1) is 12.0. The molecule has 0 aliphatic heterocycles. The van der Waals surface area contributed by atoms with Crippen molar-refractivity contribution in [3.05, 3.63) is 69.1 Å². The van der Waals surface area contributed by atoms with Crippen LogP contribution >= 0.6 is 11.3 Å². The number of rotatable bonds is 5. The van der Waals surface area contributed by atoms with Crippen molar-refractivity contribution in [1.29, 1.82) is 0 Å². The van der Waals surface area contributed by atoms with Crippen molar-refractivity contribution < 1.29 is 9.72 Å². The molecule has 25 heavy (non-hydrogen) atoms. The van der Waals surface area contributed by atoms with Crippen LogP contribution < -0.4 is 11.5 Å². The highest BCUT2D eigenvalue weighted by molar-refractivity contribution is 7.18. The summed E-state index contributed by atoms with van der Waals surface area (Å²) in [6.45, 7) is 0.452. The van der Waals surface area contributed by atoms with Crippen molar-refractivity contribution in [3.63, 3.8) is 0 Å². The van der Waals surface area contributed by atoms with E-state index in [4.69, 9.17) is 11.5 Å². The molecule has 1 heterocycles. The Kier molecular flexibility index (Phi) is 4.60. The van der Waals surface area contributed by atoms with Crippen LogP contribution in [-0.2, 0) is 6.54 Å². The Bertz CT molecular complexity index is 931. The number of carbonyl (C=O) groups excluding carboxylic acids is 1. The van der Waals surface area contributed by atoms with Gasteiger partial charge in [0, 0.05) is 24.2 Å². The second-order valence-electron chi connectivity index (χ2n) is 5.41. The molecule has 0 radical (unpaired) electrons. The number of nitrogens with zero attached hydrogens (tertiary/aromatic N) is 1. The zero-order valence-electron chi connectivity index (χ0n) is 13.1. The Labute approximate surface area is 147 Å². The van der Waals surface area contributed by atoms with Crippen LogP contribution in [0.3, 0.4) is 0 Å². The number of thiophene rings is 1. The number of carbonyl (C=O) groups is 1. The molecular formula is C18H15N3O3S. The van der Waals surface area contributed by atoms with Gasteiger partial charge >= 0.3 is 0 Å². The van der Waals surface area contributed by atoms with Gasteiger partial charge in [-0.05, 0) is 28.8 Å². The number of nitrogens with two attached hydrogens (primary N) is 2. The Morgan fingerprint density at radius 1 is 1.04 bits per heavy atom. The summed E-state index contributed by atoms with van der Waals surface area (Å²) in [4.78, 5) is 23.1. The van der Waals surface area contributed by atoms with E-state index in [2.05, 4.69) is 0 Å². The molecule has 0 amide bonds. The molecule has 0 fully saturated rings. The predicted octanol–water partition coefficient (Wildman–Crippen LogP) is 3.84. The predicted molar refractivity (Wildman–Crippen MR) is 99.5 cm³/mol. The van der Waals surface area contributed by atoms with E-state index in [-0.39, 0.29) is 5.69 Å². The summed E-state index contributed by atoms with van der Waals surface area (Å²) in [7, 11) is 0. The molecule has 0 saturated carbocycles. The van der Waals surface area contributed by atoms with Gasteiger partial charge in [-0.25, -0.2) is 0 Å². The van der Waals surface area contributed by atoms with Crippen molar-refractivity contribution >= 4 is 29.0 Å². The summed E-state index contributed by atoms with van der Waals surface area (Å²) in [6, 6.07) is 13.7. The van der Waals surface area contributed by atoms with Crippen molar-refractivity contribution in [2.75, 3.05) is 5.73 Å². The number of nitro benzene ring substituents is 1. The van der Waals surface area contributed by atoms with Crippen LogP contribution in [0.25, 0.3) is 21.6 Å². The minimum absolute atomic E-state index is 0.0113. The lowest BCUT2D eigenvalue weighted by atomic mass is 10.0. The minimum atomic E-state index is -0.466. The fourth-order valence-electron chi connectivity index (χ4n) is 2.60. The molecule has 3 rings (SSSR count). The zero-order chi connectivity index (χ0) is 18.0. The lowest BCUT2D eigenvalue weighted by Crippen LogP contribution is -1.95. The van der Waals surface area contributed by atoms with Crippen LogP contribution in [0.2, 0.25) is 0 Å². The van der Waals surface area contributed by atoms with Crippen LogP contribution in [0, 0.1) is 10.1 Å². The van der Waals surface area contributed by atoms with Crippen LogP contribution in [0.1, 0.15) is 15.2 Å². The average Bonchev–Trinajstić information content (AvgIpc) is 2.98. The normalized spacial score (nSPS) is 10.6. The Morgan fingerprint density at radius 3 is 2.16 bits per heavy atom. The van der Waals surface area contributed by atoms with E-state index in [1.165, 1.54) is 23.5 Å². The van der Waals surface area contributed by atoms with Gasteiger partial charge in [-0.3, -0.25) is 14.9 Å². The van der Waals surface area contributed by atoms with E-state index < -0.39 is 4.92 Å². The third kappa shape index (κ3) is 3.15. The zero-order valence-corrected chi connectivity index (χ0v) is 14.0. The molecule has 0 bridgehead atoms. The summed E-state index contributed by atoms with van der Waals surface area (Å²) in [6.07, 6.45) is 0.759. The molecule has 7 heteroatoms. The first-order valence-electron chi connectivity index (χ1n) is 7.46. The first-order valence-corrected chi connectivity index (χ1v) is 8.28. The largest absolute Gasteiger partial charge is 0.397 e. The quantitative estimate of drug-likeness (QED) is 0.411. The number of hydrogen-bond acceptors (Lipinski definition) is 6. The molecule has 4 N–H and O–H groups in total. The number of benzene rings is 2. The molecule has 2 aromatic carbocycles. The van der Waals surface area contributed by atoms with Gasteiger partial charge in [-0.2, -0.15) is 0 Å². The Hall–Kier alpha value is -3.03. The van der Waals surface area contributed by atoms with E-state index in [9.17, 15) is 14.9 Å². The molecule has 0 aliphatic carbocycles. The van der Waals surface area contributed by atoms with Gasteiger partial charge in [0.2, 0.25) is 0 Å². The molecule has 0 unspecified atom stereocenters. The van der Waals surface area contributed by atoms with E-state index in [0.717, 1.165) is 22.3 Å². The van der Waals surface area contributed by atoms with E-state index in [0.29, 0.717) is 28.2 Å². The molecule has 3 aromatic rings. The highest BCUT2D eigenvalue weighted by atomic mass is 32.1. The van der Waals surface area contributed by atoms with E-state index in [1.807, 2.05) is 24.3 Å². The number of nitrogen functional groups attached to an aromatic ring is 1. The molecule has 6 nitrogen and oxygen atoms in total. The monoisotopic (exact) mass is 353 g/mol. The SMILES string of the molecule is NCc1ccc(-c2sc(C=O)c(-c3ccc([N+](=O)[O-])cc3)c2N)cc1. The van der Waals surface area contributed by atoms with Crippen LogP contribution in [0.15, 0.2) is 48.5 Å². The number of hydrogen-bond donors (Lipinski definition) is 2. The fraction of sp³-hybridized carbons (Fsp3) is 0.0556. The van der Waals surface area contributed by atoms with E-state index >= 15 is 0 Å². The first kappa shape index (κ1) is 16.8. The van der Waals surface area contributed by atoms with E-state index in [1.54, 1.807) is 12.1 Å². The molecule has 0 saturated heterocycles. The van der Waals surface area contributed by atoms with Gasteiger partial charge in [-0.1, -0.05) is 24.3 Å². The maximum atomic E-state index is 11.5. The lowest BCUT2D eigenvalue weighted by Gasteiger charge is -2.05. The lowest BCUT2D eigenvalue weighted by molar-refractivity contribution is -0.384. The third-order valence-electron chi connectivity index (χ3n) is 3.90. The summed E-state index contributed by atoms with van der Waals surface area (Å²) in [5.41, 5.74) is 15.6. The van der Waals surface area contributed by atoms with Gasteiger partial charge in [0.15, 0.2) is 6.29 Å². The summed E-state index contributed by atoms with van der Waals surface area (Å²) >= 11 is 1.30. The second-order valence-corrected chi connectivity index (χ2v) is 6.46. The van der Waals surface area contributed by atoms with Crippen molar-refractivity contribution in [2.24, 2.45) is 5.73 Å². The highest BCUT2D eigenvalue weighted by Gasteiger charge is 2.19. The summed E-state index contributed by atoms with van der Waals surface area (Å²) in [5, 5.41) is 10.8. The van der Waals surface area contributed by atoms with Crippen molar-refractivity contribution in [2.45, 2.75) is 6.54 Å². The Morgan fingerprint density at radius 2 is 1.64 bits per heavy atom. The second kappa shape index (κ2) is 6.84. The van der Waals surface area contributed by atoms with Gasteiger partial charge in [0.05, 0.1) is 20.4 Å². The fourth-order valence-corrected chi connectivity index (χ4v) is 3.66. The molecule has 0 atom stereocenters. The molecule has 0 aliphatic rings.